The SMILES string of the molecule is CC(C)c1nc(C2=CN=C(N)C(C(F)(F)F)C2)cn1C1CC(F)C1. The molecule has 24 heavy (non-hydrogen) atoms. The van der Waals surface area contributed by atoms with E-state index in [9.17, 15) is 17.6 Å². The smallest absolute Gasteiger partial charge is 0.387 e. The van der Waals surface area contributed by atoms with Gasteiger partial charge in [-0.05, 0) is 24.8 Å². The molecule has 1 saturated carbocycles. The van der Waals surface area contributed by atoms with E-state index in [0.29, 0.717) is 24.1 Å². The largest absolute Gasteiger partial charge is 0.399 e. The van der Waals surface area contributed by atoms with Gasteiger partial charge in [-0.3, -0.25) is 0 Å². The van der Waals surface area contributed by atoms with Crippen molar-refractivity contribution in [3.63, 3.8) is 0 Å². The van der Waals surface area contributed by atoms with Gasteiger partial charge in [0.05, 0.1) is 5.69 Å². The lowest BCUT2D eigenvalue weighted by Crippen LogP contribution is -2.37. The van der Waals surface area contributed by atoms with Crippen LogP contribution in [-0.2, 0) is 0 Å². The maximum Gasteiger partial charge on any atom is 0.399 e. The third kappa shape index (κ3) is 3.06. The lowest BCUT2D eigenvalue weighted by atomic mass is 9.90. The molecule has 1 aromatic rings. The average molecular weight is 344 g/mol. The lowest BCUT2D eigenvalue weighted by Gasteiger charge is -2.32. The minimum atomic E-state index is -4.44. The quantitative estimate of drug-likeness (QED) is 0.844. The molecule has 1 aliphatic heterocycles. The van der Waals surface area contributed by atoms with Crippen LogP contribution in [-0.4, -0.2) is 27.7 Å². The van der Waals surface area contributed by atoms with Gasteiger partial charge in [0.1, 0.15) is 23.7 Å². The van der Waals surface area contributed by atoms with E-state index in [1.54, 1.807) is 6.20 Å². The fraction of sp³-hybridized carbons (Fsp3) is 0.625. The zero-order valence-corrected chi connectivity index (χ0v) is 13.5. The van der Waals surface area contributed by atoms with Gasteiger partial charge in [0.2, 0.25) is 0 Å². The number of alkyl halides is 4. The number of hydrogen-bond donors (Lipinski definition) is 1. The molecule has 3 rings (SSSR count). The second-order valence-corrected chi connectivity index (χ2v) is 6.78. The molecular weight excluding hydrogens is 324 g/mol. The summed E-state index contributed by atoms with van der Waals surface area (Å²) in [5.41, 5.74) is 6.27. The van der Waals surface area contributed by atoms with Gasteiger partial charge in [-0.25, -0.2) is 14.4 Å². The Bertz CT molecular complexity index is 681. The summed E-state index contributed by atoms with van der Waals surface area (Å²) in [5.74, 6) is -1.36. The first kappa shape index (κ1) is 17.0. The Morgan fingerprint density at radius 3 is 2.50 bits per heavy atom. The van der Waals surface area contributed by atoms with E-state index < -0.39 is 24.1 Å². The molecule has 1 unspecified atom stereocenters. The predicted octanol–water partition coefficient (Wildman–Crippen LogP) is 3.96. The van der Waals surface area contributed by atoms with Crippen LogP contribution >= 0.6 is 0 Å². The van der Waals surface area contributed by atoms with Gasteiger partial charge in [0.25, 0.3) is 0 Å². The van der Waals surface area contributed by atoms with Crippen LogP contribution in [0.1, 0.15) is 56.6 Å². The van der Waals surface area contributed by atoms with E-state index in [1.807, 2.05) is 18.4 Å². The number of amidine groups is 1. The molecule has 132 valence electrons. The first-order chi connectivity index (χ1) is 11.2. The number of hydrogen-bond acceptors (Lipinski definition) is 3. The van der Waals surface area contributed by atoms with Crippen molar-refractivity contribution < 1.29 is 17.6 Å². The van der Waals surface area contributed by atoms with E-state index in [2.05, 4.69) is 9.98 Å². The van der Waals surface area contributed by atoms with Crippen LogP contribution in [0.15, 0.2) is 17.4 Å². The minimum absolute atomic E-state index is 0.0230. The molecule has 0 bridgehead atoms. The van der Waals surface area contributed by atoms with E-state index in [0.717, 1.165) is 5.82 Å². The molecule has 0 aromatic carbocycles. The van der Waals surface area contributed by atoms with Crippen LogP contribution in [0.5, 0.6) is 0 Å². The molecule has 2 N–H and O–H groups in total. The number of imidazole rings is 1. The third-order valence-corrected chi connectivity index (χ3v) is 4.60. The second kappa shape index (κ2) is 5.89. The van der Waals surface area contributed by atoms with Crippen molar-refractivity contribution in [2.75, 3.05) is 0 Å². The summed E-state index contributed by atoms with van der Waals surface area (Å²) in [5, 5.41) is 0. The Hall–Kier alpha value is -1.86. The first-order valence-electron chi connectivity index (χ1n) is 7.99. The average Bonchev–Trinajstić information content (AvgIpc) is 2.88. The van der Waals surface area contributed by atoms with Gasteiger partial charge in [0, 0.05) is 24.4 Å². The van der Waals surface area contributed by atoms with Gasteiger partial charge in [-0.2, -0.15) is 13.2 Å². The molecule has 1 aromatic heterocycles. The second-order valence-electron chi connectivity index (χ2n) is 6.78. The molecule has 2 aliphatic rings. The summed E-state index contributed by atoms with van der Waals surface area (Å²) in [4.78, 5) is 8.21. The Morgan fingerprint density at radius 1 is 1.29 bits per heavy atom. The van der Waals surface area contributed by atoms with Gasteiger partial charge < -0.3 is 10.3 Å². The Morgan fingerprint density at radius 2 is 1.96 bits per heavy atom. The molecule has 4 nitrogen and oxygen atoms in total. The zero-order chi connectivity index (χ0) is 17.6. The minimum Gasteiger partial charge on any atom is -0.387 e. The van der Waals surface area contributed by atoms with Crippen LogP contribution in [0.2, 0.25) is 0 Å². The Balaban J connectivity index is 1.91. The standard InChI is InChI=1S/C16H20F4N4/c1-8(2)15-23-13(7-24(15)11-4-10(17)5-11)9-3-12(16(18,19)20)14(21)22-6-9/h6-8,10-12H,3-5H2,1-2H3,(H2,21,22). The highest BCUT2D eigenvalue weighted by Crippen LogP contribution is 2.40. The van der Waals surface area contributed by atoms with Gasteiger partial charge >= 0.3 is 6.18 Å². The summed E-state index contributed by atoms with van der Waals surface area (Å²) in [6.07, 6.45) is -1.60. The number of allylic oxidation sites excluding steroid dienone is 1. The molecule has 0 amide bonds. The number of aliphatic imine (C=N–C) groups is 1. The molecule has 8 heteroatoms. The van der Waals surface area contributed by atoms with Crippen molar-refractivity contribution in [2.24, 2.45) is 16.6 Å². The number of aromatic nitrogens is 2. The number of nitrogens with zero attached hydrogens (tertiary/aromatic N) is 3. The van der Waals surface area contributed by atoms with Crippen LogP contribution < -0.4 is 5.73 Å². The highest BCUT2D eigenvalue weighted by Gasteiger charge is 2.44. The maximum absolute atomic E-state index is 13.2. The number of halogens is 4. The van der Waals surface area contributed by atoms with Crippen LogP contribution in [0, 0.1) is 5.92 Å². The Labute approximate surface area is 137 Å². The number of nitrogens with two attached hydrogens (primary N) is 1. The third-order valence-electron chi connectivity index (χ3n) is 4.60. The van der Waals surface area contributed by atoms with E-state index in [4.69, 9.17) is 5.73 Å². The van der Waals surface area contributed by atoms with E-state index >= 15 is 0 Å². The first-order valence-corrected chi connectivity index (χ1v) is 7.99. The molecule has 1 fully saturated rings. The van der Waals surface area contributed by atoms with Crippen LogP contribution in [0.4, 0.5) is 17.6 Å². The molecule has 0 spiro atoms. The van der Waals surface area contributed by atoms with Crippen molar-refractivity contribution >= 4 is 11.4 Å². The summed E-state index contributed by atoms with van der Waals surface area (Å²) in [6.45, 7) is 3.91. The lowest BCUT2D eigenvalue weighted by molar-refractivity contribution is -0.154. The maximum atomic E-state index is 13.2. The molecule has 1 aliphatic carbocycles. The molecule has 0 radical (unpaired) electrons. The van der Waals surface area contributed by atoms with Crippen molar-refractivity contribution in [3.05, 3.63) is 23.9 Å². The summed E-state index contributed by atoms with van der Waals surface area (Å²) in [7, 11) is 0. The topological polar surface area (TPSA) is 56.2 Å². The Kier molecular flexibility index (Phi) is 4.17. The van der Waals surface area contributed by atoms with Crippen LogP contribution in [0.25, 0.3) is 5.57 Å². The highest BCUT2D eigenvalue weighted by molar-refractivity contribution is 5.88. The highest BCUT2D eigenvalue weighted by atomic mass is 19.4. The molecular formula is C16H20F4N4. The fourth-order valence-electron chi connectivity index (χ4n) is 3.10. The normalized spacial score (nSPS) is 27.7. The fourth-order valence-corrected chi connectivity index (χ4v) is 3.10. The summed E-state index contributed by atoms with van der Waals surface area (Å²) in [6, 6.07) is 0.0230. The molecule has 2 heterocycles. The monoisotopic (exact) mass is 344 g/mol. The van der Waals surface area contributed by atoms with Crippen LogP contribution in [0.3, 0.4) is 0 Å². The van der Waals surface area contributed by atoms with Crippen molar-refractivity contribution in [3.8, 4) is 0 Å². The summed E-state index contributed by atoms with van der Waals surface area (Å²) < 4.78 is 54.3. The van der Waals surface area contributed by atoms with E-state index in [-0.39, 0.29) is 18.4 Å². The predicted molar refractivity (Wildman–Crippen MR) is 83.2 cm³/mol. The zero-order valence-electron chi connectivity index (χ0n) is 13.5. The van der Waals surface area contributed by atoms with E-state index in [1.165, 1.54) is 6.20 Å². The van der Waals surface area contributed by atoms with Crippen molar-refractivity contribution in [1.29, 1.82) is 0 Å². The summed E-state index contributed by atoms with van der Waals surface area (Å²) >= 11 is 0. The molecule has 1 atom stereocenters. The van der Waals surface area contributed by atoms with Gasteiger partial charge in [0.15, 0.2) is 0 Å². The number of rotatable bonds is 3. The van der Waals surface area contributed by atoms with Crippen molar-refractivity contribution in [2.45, 2.75) is 57.4 Å². The molecule has 0 saturated heterocycles. The van der Waals surface area contributed by atoms with Gasteiger partial charge in [-0.15, -0.1) is 0 Å². The van der Waals surface area contributed by atoms with Gasteiger partial charge in [-0.1, -0.05) is 13.8 Å². The van der Waals surface area contributed by atoms with Crippen molar-refractivity contribution in [1.82, 2.24) is 9.55 Å².